The van der Waals surface area contributed by atoms with Gasteiger partial charge in [-0.05, 0) is 67.6 Å². The molecule has 1 aliphatic rings. The number of ether oxygens (including phenoxy) is 1. The Kier molecular flexibility index (Phi) is 6.67. The van der Waals surface area contributed by atoms with Gasteiger partial charge in [-0.15, -0.1) is 0 Å². The summed E-state index contributed by atoms with van der Waals surface area (Å²) in [7, 11) is -2.61. The quantitative estimate of drug-likeness (QED) is 0.618. The fraction of sp³-hybridized carbons (Fsp3) is 0.455. The monoisotopic (exact) mass is 420 g/mol. The third-order valence-corrected chi connectivity index (χ3v) is 6.72. The van der Waals surface area contributed by atoms with Crippen molar-refractivity contribution < 1.29 is 17.5 Å². The first-order chi connectivity index (χ1) is 13.9. The molecule has 0 amide bonds. The molecule has 2 aromatic rings. The summed E-state index contributed by atoms with van der Waals surface area (Å²) in [4.78, 5) is 2.17. The van der Waals surface area contributed by atoms with Crippen LogP contribution in [-0.2, 0) is 16.4 Å². The average Bonchev–Trinajstić information content (AvgIpc) is 2.69. The van der Waals surface area contributed by atoms with Crippen molar-refractivity contribution in [1.82, 2.24) is 0 Å². The number of methoxy groups -OCH3 is 1. The van der Waals surface area contributed by atoms with Crippen LogP contribution in [0.25, 0.3) is 0 Å². The van der Waals surface area contributed by atoms with Crippen LogP contribution in [0.2, 0.25) is 0 Å². The summed E-state index contributed by atoms with van der Waals surface area (Å²) >= 11 is 0. The van der Waals surface area contributed by atoms with Crippen LogP contribution in [0.5, 0.6) is 5.75 Å². The van der Waals surface area contributed by atoms with Crippen molar-refractivity contribution in [3.63, 3.8) is 0 Å². The normalized spacial score (nSPS) is 13.9. The zero-order chi connectivity index (χ0) is 21.0. The van der Waals surface area contributed by atoms with Gasteiger partial charge in [-0.25, -0.2) is 12.8 Å². The van der Waals surface area contributed by atoms with Crippen LogP contribution < -0.4 is 14.4 Å². The Balaban J connectivity index is 1.85. The number of nitrogens with zero attached hydrogens (tertiary/aromatic N) is 1. The first kappa shape index (κ1) is 21.4. The standard InChI is InChI=1S/C22H29FN2O3S/c1-4-5-6-11-25-12-7-8-17-14-18(9-10-20(17)25)24-29(26,27)22-15-19(23)16(2)13-21(22)28-3/h9-10,13-15,24H,4-8,11-12H2,1-3H3. The molecule has 0 bridgehead atoms. The van der Waals surface area contributed by atoms with Crippen LogP contribution in [-0.4, -0.2) is 28.6 Å². The SMILES string of the molecule is CCCCCN1CCCc2cc(NS(=O)(=O)c3cc(F)c(C)cc3OC)ccc21. The summed E-state index contributed by atoms with van der Waals surface area (Å²) < 4.78 is 47.5. The van der Waals surface area contributed by atoms with Crippen molar-refractivity contribution in [1.29, 1.82) is 0 Å². The van der Waals surface area contributed by atoms with Gasteiger partial charge in [0.2, 0.25) is 0 Å². The summed E-state index contributed by atoms with van der Waals surface area (Å²) in [6.07, 6.45) is 5.51. The molecule has 158 valence electrons. The second-order valence-corrected chi connectivity index (χ2v) is 9.15. The van der Waals surface area contributed by atoms with Crippen LogP contribution >= 0.6 is 0 Å². The number of fused-ring (bicyclic) bond motifs is 1. The number of nitrogens with one attached hydrogen (secondary N) is 1. The van der Waals surface area contributed by atoms with Gasteiger partial charge < -0.3 is 9.64 Å². The maximum Gasteiger partial charge on any atom is 0.265 e. The van der Waals surface area contributed by atoms with E-state index < -0.39 is 15.8 Å². The van der Waals surface area contributed by atoms with E-state index >= 15 is 0 Å². The zero-order valence-corrected chi connectivity index (χ0v) is 18.1. The Hall–Kier alpha value is -2.28. The van der Waals surface area contributed by atoms with Crippen molar-refractivity contribution >= 4 is 21.4 Å². The van der Waals surface area contributed by atoms with E-state index in [1.54, 1.807) is 13.0 Å². The number of sulfonamides is 1. The lowest BCUT2D eigenvalue weighted by atomic mass is 10.0. The van der Waals surface area contributed by atoms with Crippen molar-refractivity contribution in [2.75, 3.05) is 29.8 Å². The highest BCUT2D eigenvalue weighted by molar-refractivity contribution is 7.92. The Labute approximate surface area is 172 Å². The topological polar surface area (TPSA) is 58.6 Å². The van der Waals surface area contributed by atoms with Gasteiger partial charge >= 0.3 is 0 Å². The van der Waals surface area contributed by atoms with E-state index in [0.29, 0.717) is 11.3 Å². The third kappa shape index (κ3) is 4.83. The van der Waals surface area contributed by atoms with Gasteiger partial charge in [0.05, 0.1) is 7.11 Å². The van der Waals surface area contributed by atoms with Gasteiger partial charge in [-0.1, -0.05) is 19.8 Å². The zero-order valence-electron chi connectivity index (χ0n) is 17.3. The number of aryl methyl sites for hydroxylation is 2. The van der Waals surface area contributed by atoms with E-state index in [9.17, 15) is 12.8 Å². The number of halogens is 1. The summed E-state index contributed by atoms with van der Waals surface area (Å²) in [5.74, 6) is -0.462. The number of hydrogen-bond acceptors (Lipinski definition) is 4. The number of unbranched alkanes of at least 4 members (excludes halogenated alkanes) is 2. The van der Waals surface area contributed by atoms with Crippen LogP contribution in [0.3, 0.4) is 0 Å². The molecular formula is C22H29FN2O3S. The lowest BCUT2D eigenvalue weighted by molar-refractivity contribution is 0.400. The molecule has 7 heteroatoms. The highest BCUT2D eigenvalue weighted by Gasteiger charge is 2.23. The van der Waals surface area contributed by atoms with Crippen LogP contribution in [0.1, 0.15) is 43.7 Å². The molecule has 29 heavy (non-hydrogen) atoms. The second kappa shape index (κ2) is 9.03. The molecule has 1 aliphatic heterocycles. The van der Waals surface area contributed by atoms with Crippen molar-refractivity contribution in [3.05, 3.63) is 47.3 Å². The molecule has 0 fully saturated rings. The molecule has 0 radical (unpaired) electrons. The van der Waals surface area contributed by atoms with Crippen LogP contribution in [0, 0.1) is 12.7 Å². The molecular weight excluding hydrogens is 391 g/mol. The molecule has 0 spiro atoms. The minimum atomic E-state index is -3.98. The molecule has 3 rings (SSSR count). The molecule has 0 saturated heterocycles. The van der Waals surface area contributed by atoms with Crippen LogP contribution in [0.4, 0.5) is 15.8 Å². The minimum absolute atomic E-state index is 0.122. The van der Waals surface area contributed by atoms with Gasteiger partial charge in [0, 0.05) is 24.5 Å². The van der Waals surface area contributed by atoms with E-state index in [1.165, 1.54) is 31.7 Å². The maximum atomic E-state index is 14.0. The highest BCUT2D eigenvalue weighted by Crippen LogP contribution is 2.32. The first-order valence-corrected chi connectivity index (χ1v) is 11.6. The molecule has 0 saturated carbocycles. The first-order valence-electron chi connectivity index (χ1n) is 10.1. The summed E-state index contributed by atoms with van der Waals surface area (Å²) in [5.41, 5.74) is 3.12. The Morgan fingerprint density at radius 3 is 2.72 bits per heavy atom. The number of anilines is 2. The Bertz CT molecular complexity index is 976. The Morgan fingerprint density at radius 1 is 1.21 bits per heavy atom. The van der Waals surface area contributed by atoms with Crippen molar-refractivity contribution in [3.8, 4) is 5.75 Å². The van der Waals surface area contributed by atoms with Gasteiger partial charge in [-0.2, -0.15) is 0 Å². The van der Waals surface area contributed by atoms with E-state index in [0.717, 1.165) is 44.0 Å². The second-order valence-electron chi connectivity index (χ2n) is 7.50. The maximum absolute atomic E-state index is 14.0. The largest absolute Gasteiger partial charge is 0.495 e. The summed E-state index contributed by atoms with van der Waals surface area (Å²) in [6, 6.07) is 8.03. The van der Waals surface area contributed by atoms with Crippen molar-refractivity contribution in [2.24, 2.45) is 0 Å². The van der Waals surface area contributed by atoms with Gasteiger partial charge in [0.15, 0.2) is 0 Å². The van der Waals surface area contributed by atoms with E-state index in [4.69, 9.17) is 4.74 Å². The smallest absolute Gasteiger partial charge is 0.265 e. The lowest BCUT2D eigenvalue weighted by Gasteiger charge is -2.31. The molecule has 1 N–H and O–H groups in total. The molecule has 0 aliphatic carbocycles. The van der Waals surface area contributed by atoms with Crippen molar-refractivity contribution in [2.45, 2.75) is 50.8 Å². The predicted molar refractivity (Wildman–Crippen MR) is 115 cm³/mol. The lowest BCUT2D eigenvalue weighted by Crippen LogP contribution is -2.30. The summed E-state index contributed by atoms with van der Waals surface area (Å²) in [5, 5.41) is 0. The van der Waals surface area contributed by atoms with E-state index in [1.807, 2.05) is 12.1 Å². The van der Waals surface area contributed by atoms with E-state index in [2.05, 4.69) is 16.5 Å². The van der Waals surface area contributed by atoms with Gasteiger partial charge in [0.1, 0.15) is 16.5 Å². The molecule has 0 aromatic heterocycles. The fourth-order valence-electron chi connectivity index (χ4n) is 3.74. The summed E-state index contributed by atoms with van der Waals surface area (Å²) in [6.45, 7) is 5.81. The van der Waals surface area contributed by atoms with Gasteiger partial charge in [0.25, 0.3) is 10.0 Å². The highest BCUT2D eigenvalue weighted by atomic mass is 32.2. The number of benzene rings is 2. The van der Waals surface area contributed by atoms with Crippen LogP contribution in [0.15, 0.2) is 35.2 Å². The Morgan fingerprint density at radius 2 is 2.00 bits per heavy atom. The molecule has 5 nitrogen and oxygen atoms in total. The molecule has 2 aromatic carbocycles. The molecule has 0 unspecified atom stereocenters. The predicted octanol–water partition coefficient (Wildman–Crippen LogP) is 4.89. The van der Waals surface area contributed by atoms with Gasteiger partial charge in [-0.3, -0.25) is 4.72 Å². The number of rotatable bonds is 8. The van der Waals surface area contributed by atoms with E-state index in [-0.39, 0.29) is 10.6 Å². The fourth-order valence-corrected chi connectivity index (χ4v) is 4.95. The molecule has 1 heterocycles. The third-order valence-electron chi connectivity index (χ3n) is 5.31. The minimum Gasteiger partial charge on any atom is -0.495 e. The molecule has 0 atom stereocenters. The number of hydrogen-bond donors (Lipinski definition) is 1. The average molecular weight is 421 g/mol.